The van der Waals surface area contributed by atoms with Crippen molar-refractivity contribution < 1.29 is 0 Å². The molecule has 0 aliphatic rings. The summed E-state index contributed by atoms with van der Waals surface area (Å²) in [5.74, 6) is 0. The Bertz CT molecular complexity index is 425. The minimum absolute atomic E-state index is 0.714. The Balaban J connectivity index is 2.46. The third-order valence-electron chi connectivity index (χ3n) is 1.60. The van der Waals surface area contributed by atoms with E-state index in [1.165, 1.54) is 11.3 Å². The van der Waals surface area contributed by atoms with Crippen LogP contribution in [-0.4, -0.2) is 4.98 Å². The third kappa shape index (κ3) is 1.82. The molecule has 0 bridgehead atoms. The number of thiazole rings is 1. The number of aromatic nitrogens is 1. The van der Waals surface area contributed by atoms with Crippen molar-refractivity contribution in [3.05, 3.63) is 35.5 Å². The lowest BCUT2D eigenvalue weighted by atomic mass is 10.2. The van der Waals surface area contributed by atoms with Gasteiger partial charge in [-0.25, -0.2) is 4.98 Å². The van der Waals surface area contributed by atoms with Crippen LogP contribution in [0.15, 0.2) is 30.5 Å². The summed E-state index contributed by atoms with van der Waals surface area (Å²) in [6.45, 7) is 0. The lowest BCUT2D eigenvalue weighted by Gasteiger charge is -1.95. The molecule has 1 heterocycles. The topological polar surface area (TPSA) is 38.9 Å². The maximum Gasteiger partial charge on any atom is 0.125 e. The summed E-state index contributed by atoms with van der Waals surface area (Å²) in [5.41, 5.74) is 6.59. The number of benzene rings is 1. The standard InChI is InChI=1S/C9H7ClN2S/c10-7-3-1-2-6(4-7)9-12-5-8(11)13-9/h1-5H,11H2. The Morgan fingerprint density at radius 1 is 1.38 bits per heavy atom. The van der Waals surface area contributed by atoms with Crippen LogP contribution in [0.5, 0.6) is 0 Å². The van der Waals surface area contributed by atoms with Crippen LogP contribution >= 0.6 is 22.9 Å². The number of nitrogens with two attached hydrogens (primary N) is 1. The van der Waals surface area contributed by atoms with Crippen LogP contribution in [0.25, 0.3) is 10.6 Å². The van der Waals surface area contributed by atoms with Gasteiger partial charge in [0.15, 0.2) is 0 Å². The maximum atomic E-state index is 5.85. The zero-order valence-corrected chi connectivity index (χ0v) is 8.27. The van der Waals surface area contributed by atoms with E-state index in [1.807, 2.05) is 24.3 Å². The average Bonchev–Trinajstić information content (AvgIpc) is 2.52. The smallest absolute Gasteiger partial charge is 0.125 e. The van der Waals surface area contributed by atoms with Crippen molar-refractivity contribution in [3.63, 3.8) is 0 Å². The van der Waals surface area contributed by atoms with Crippen molar-refractivity contribution in [1.29, 1.82) is 0 Å². The lowest BCUT2D eigenvalue weighted by molar-refractivity contribution is 1.41. The second-order valence-electron chi connectivity index (χ2n) is 2.58. The highest BCUT2D eigenvalue weighted by molar-refractivity contribution is 7.18. The molecule has 0 aliphatic heterocycles. The summed E-state index contributed by atoms with van der Waals surface area (Å²) < 4.78 is 0. The fourth-order valence-electron chi connectivity index (χ4n) is 1.04. The molecule has 0 unspecified atom stereocenters. The summed E-state index contributed by atoms with van der Waals surface area (Å²) in [6, 6.07) is 7.57. The molecule has 1 aromatic carbocycles. The molecule has 2 rings (SSSR count). The van der Waals surface area contributed by atoms with Crippen LogP contribution in [0.2, 0.25) is 5.02 Å². The molecular weight excluding hydrogens is 204 g/mol. The van der Waals surface area contributed by atoms with E-state index < -0.39 is 0 Å². The molecule has 0 saturated heterocycles. The summed E-state index contributed by atoms with van der Waals surface area (Å²) in [7, 11) is 0. The van der Waals surface area contributed by atoms with E-state index in [4.69, 9.17) is 17.3 Å². The van der Waals surface area contributed by atoms with Crippen molar-refractivity contribution in [1.82, 2.24) is 4.98 Å². The number of halogens is 1. The monoisotopic (exact) mass is 210 g/mol. The molecule has 0 atom stereocenters. The molecule has 66 valence electrons. The van der Waals surface area contributed by atoms with Crippen molar-refractivity contribution in [2.45, 2.75) is 0 Å². The number of anilines is 1. The van der Waals surface area contributed by atoms with Gasteiger partial charge in [-0.15, -0.1) is 0 Å². The number of hydrogen-bond donors (Lipinski definition) is 1. The average molecular weight is 211 g/mol. The van der Waals surface area contributed by atoms with Crippen LogP contribution in [-0.2, 0) is 0 Å². The van der Waals surface area contributed by atoms with Crippen LogP contribution in [0.4, 0.5) is 5.00 Å². The van der Waals surface area contributed by atoms with Crippen molar-refractivity contribution in [2.24, 2.45) is 0 Å². The van der Waals surface area contributed by atoms with E-state index in [0.717, 1.165) is 15.6 Å². The quantitative estimate of drug-likeness (QED) is 0.786. The summed E-state index contributed by atoms with van der Waals surface area (Å²) in [4.78, 5) is 4.16. The van der Waals surface area contributed by atoms with Gasteiger partial charge in [-0.1, -0.05) is 35.1 Å². The van der Waals surface area contributed by atoms with Gasteiger partial charge in [0.25, 0.3) is 0 Å². The Morgan fingerprint density at radius 2 is 2.23 bits per heavy atom. The fourth-order valence-corrected chi connectivity index (χ4v) is 1.91. The van der Waals surface area contributed by atoms with Crippen LogP contribution in [0, 0.1) is 0 Å². The first-order chi connectivity index (χ1) is 6.25. The van der Waals surface area contributed by atoms with E-state index in [9.17, 15) is 0 Å². The number of nitrogens with zero attached hydrogens (tertiary/aromatic N) is 1. The van der Waals surface area contributed by atoms with Gasteiger partial charge in [0.1, 0.15) is 10.0 Å². The van der Waals surface area contributed by atoms with Crippen molar-refractivity contribution in [2.75, 3.05) is 5.73 Å². The molecule has 1 aromatic heterocycles. The molecule has 2 aromatic rings. The summed E-state index contributed by atoms with van der Waals surface area (Å²) in [6.07, 6.45) is 1.65. The van der Waals surface area contributed by atoms with Crippen molar-refractivity contribution >= 4 is 27.9 Å². The molecular formula is C9H7ClN2S. The number of rotatable bonds is 1. The van der Waals surface area contributed by atoms with E-state index >= 15 is 0 Å². The Labute approximate surface area is 85.0 Å². The Morgan fingerprint density at radius 3 is 2.85 bits per heavy atom. The zero-order chi connectivity index (χ0) is 9.26. The Kier molecular flexibility index (Phi) is 2.20. The number of hydrogen-bond acceptors (Lipinski definition) is 3. The predicted molar refractivity (Wildman–Crippen MR) is 57.0 cm³/mol. The van der Waals surface area contributed by atoms with E-state index in [1.54, 1.807) is 6.20 Å². The normalized spacial score (nSPS) is 10.2. The molecule has 0 amide bonds. The molecule has 13 heavy (non-hydrogen) atoms. The maximum absolute atomic E-state index is 5.85. The first-order valence-electron chi connectivity index (χ1n) is 3.73. The largest absolute Gasteiger partial charge is 0.389 e. The van der Waals surface area contributed by atoms with Crippen molar-refractivity contribution in [3.8, 4) is 10.6 Å². The molecule has 2 nitrogen and oxygen atoms in total. The van der Waals surface area contributed by atoms with Crippen LogP contribution < -0.4 is 5.73 Å². The second-order valence-corrected chi connectivity index (χ2v) is 4.08. The molecule has 0 fully saturated rings. The predicted octanol–water partition coefficient (Wildman–Crippen LogP) is 3.05. The van der Waals surface area contributed by atoms with Gasteiger partial charge >= 0.3 is 0 Å². The molecule has 0 aliphatic carbocycles. The van der Waals surface area contributed by atoms with Gasteiger partial charge in [0.2, 0.25) is 0 Å². The number of nitrogen functional groups attached to an aromatic ring is 1. The zero-order valence-electron chi connectivity index (χ0n) is 6.70. The highest BCUT2D eigenvalue weighted by atomic mass is 35.5. The van der Waals surface area contributed by atoms with E-state index in [-0.39, 0.29) is 0 Å². The first kappa shape index (κ1) is 8.53. The first-order valence-corrected chi connectivity index (χ1v) is 4.92. The SMILES string of the molecule is Nc1cnc(-c2cccc(Cl)c2)s1. The van der Waals surface area contributed by atoms with Crippen LogP contribution in [0.3, 0.4) is 0 Å². The molecule has 4 heteroatoms. The minimum atomic E-state index is 0.714. The highest BCUT2D eigenvalue weighted by Gasteiger charge is 2.02. The minimum Gasteiger partial charge on any atom is -0.389 e. The third-order valence-corrected chi connectivity index (χ3v) is 2.71. The van der Waals surface area contributed by atoms with Gasteiger partial charge in [0, 0.05) is 10.6 Å². The second kappa shape index (κ2) is 3.36. The lowest BCUT2D eigenvalue weighted by Crippen LogP contribution is -1.73. The highest BCUT2D eigenvalue weighted by Crippen LogP contribution is 2.27. The van der Waals surface area contributed by atoms with E-state index in [2.05, 4.69) is 4.98 Å². The van der Waals surface area contributed by atoms with Gasteiger partial charge in [-0.2, -0.15) is 0 Å². The fraction of sp³-hybridized carbons (Fsp3) is 0. The van der Waals surface area contributed by atoms with Gasteiger partial charge in [-0.3, -0.25) is 0 Å². The van der Waals surface area contributed by atoms with Gasteiger partial charge < -0.3 is 5.73 Å². The summed E-state index contributed by atoms with van der Waals surface area (Å²) >= 11 is 7.30. The molecule has 0 spiro atoms. The summed E-state index contributed by atoms with van der Waals surface area (Å²) in [5, 5.41) is 2.33. The van der Waals surface area contributed by atoms with Gasteiger partial charge in [0.05, 0.1) is 6.20 Å². The van der Waals surface area contributed by atoms with E-state index in [0.29, 0.717) is 5.02 Å². The molecule has 0 saturated carbocycles. The Hall–Kier alpha value is -1.06. The van der Waals surface area contributed by atoms with Crippen LogP contribution in [0.1, 0.15) is 0 Å². The molecule has 0 radical (unpaired) electrons. The van der Waals surface area contributed by atoms with Gasteiger partial charge in [-0.05, 0) is 12.1 Å². The molecule has 2 N–H and O–H groups in total.